The van der Waals surface area contributed by atoms with Gasteiger partial charge in [0, 0.05) is 13.0 Å². The van der Waals surface area contributed by atoms with Crippen molar-refractivity contribution < 1.29 is 0 Å². The van der Waals surface area contributed by atoms with E-state index in [0.717, 1.165) is 50.4 Å². The van der Waals surface area contributed by atoms with Crippen LogP contribution in [0.1, 0.15) is 37.7 Å². The third-order valence-corrected chi connectivity index (χ3v) is 3.12. The van der Waals surface area contributed by atoms with Crippen LogP contribution in [-0.4, -0.2) is 42.1 Å². The molecule has 0 radical (unpaired) electrons. The topological polar surface area (TPSA) is 44.0 Å². The summed E-state index contributed by atoms with van der Waals surface area (Å²) in [5, 5.41) is 4.00. The monoisotopic (exact) mass is 272 g/mol. The summed E-state index contributed by atoms with van der Waals surface area (Å²) in [7, 11) is 4.18. The first-order valence-corrected chi connectivity index (χ1v) is 7.10. The first-order valence-electron chi connectivity index (χ1n) is 6.72. The van der Waals surface area contributed by atoms with E-state index < -0.39 is 0 Å². The number of halogens is 1. The number of nitrogens with one attached hydrogen (secondary N) is 2. The normalized spacial score (nSPS) is 11.4. The van der Waals surface area contributed by atoms with Gasteiger partial charge in [-0.3, -0.25) is 0 Å². The second-order valence-electron chi connectivity index (χ2n) is 4.89. The van der Waals surface area contributed by atoms with Crippen LogP contribution in [0.2, 0.25) is 5.15 Å². The van der Waals surface area contributed by atoms with E-state index in [1.165, 1.54) is 6.42 Å². The van der Waals surface area contributed by atoms with Crippen LogP contribution in [0.15, 0.2) is 0 Å². The largest absolute Gasteiger partial charge is 0.344 e. The maximum absolute atomic E-state index is 6.10. The van der Waals surface area contributed by atoms with Gasteiger partial charge < -0.3 is 15.2 Å². The molecule has 2 N–H and O–H groups in total. The van der Waals surface area contributed by atoms with Crippen molar-refractivity contribution in [3.63, 3.8) is 0 Å². The minimum absolute atomic E-state index is 0.612. The molecule has 0 spiro atoms. The van der Waals surface area contributed by atoms with Crippen LogP contribution in [0.5, 0.6) is 0 Å². The highest BCUT2D eigenvalue weighted by Gasteiger charge is 2.07. The molecule has 5 heteroatoms. The van der Waals surface area contributed by atoms with Crippen molar-refractivity contribution in [3.8, 4) is 0 Å². The lowest BCUT2D eigenvalue weighted by Gasteiger charge is -2.09. The molecule has 18 heavy (non-hydrogen) atoms. The van der Waals surface area contributed by atoms with Gasteiger partial charge in [-0.25, -0.2) is 4.98 Å². The molecule has 0 atom stereocenters. The highest BCUT2D eigenvalue weighted by Crippen LogP contribution is 2.13. The SMILES string of the molecule is CCCCc1nc(Cl)c(CNCCCN(C)C)[nH]1. The van der Waals surface area contributed by atoms with E-state index >= 15 is 0 Å². The van der Waals surface area contributed by atoms with Crippen LogP contribution in [0.4, 0.5) is 0 Å². The van der Waals surface area contributed by atoms with E-state index in [2.05, 4.69) is 41.2 Å². The highest BCUT2D eigenvalue weighted by atomic mass is 35.5. The lowest BCUT2D eigenvalue weighted by molar-refractivity contribution is 0.394. The first-order chi connectivity index (χ1) is 8.63. The van der Waals surface area contributed by atoms with Crippen molar-refractivity contribution in [2.75, 3.05) is 27.2 Å². The Morgan fingerprint density at radius 2 is 2.11 bits per heavy atom. The van der Waals surface area contributed by atoms with Gasteiger partial charge in [0.2, 0.25) is 0 Å². The van der Waals surface area contributed by atoms with E-state index in [9.17, 15) is 0 Å². The van der Waals surface area contributed by atoms with Crippen molar-refractivity contribution in [2.24, 2.45) is 0 Å². The molecule has 0 saturated heterocycles. The molecule has 0 aliphatic heterocycles. The van der Waals surface area contributed by atoms with Gasteiger partial charge >= 0.3 is 0 Å². The van der Waals surface area contributed by atoms with Crippen molar-refractivity contribution in [2.45, 2.75) is 39.2 Å². The predicted octanol–water partition coefficient (Wildman–Crippen LogP) is 2.45. The summed E-state index contributed by atoms with van der Waals surface area (Å²) < 4.78 is 0. The maximum Gasteiger partial charge on any atom is 0.151 e. The Bertz CT molecular complexity index is 336. The van der Waals surface area contributed by atoms with Gasteiger partial charge in [0.05, 0.1) is 5.69 Å². The molecule has 1 aromatic rings. The maximum atomic E-state index is 6.10. The molecule has 0 fully saturated rings. The van der Waals surface area contributed by atoms with Crippen LogP contribution in [0, 0.1) is 0 Å². The molecule has 0 aromatic carbocycles. The molecular weight excluding hydrogens is 248 g/mol. The number of hydrogen-bond donors (Lipinski definition) is 2. The van der Waals surface area contributed by atoms with Crippen LogP contribution in [-0.2, 0) is 13.0 Å². The van der Waals surface area contributed by atoms with Gasteiger partial charge in [-0.15, -0.1) is 0 Å². The Hall–Kier alpha value is -0.580. The van der Waals surface area contributed by atoms with Crippen molar-refractivity contribution >= 4 is 11.6 Å². The van der Waals surface area contributed by atoms with Gasteiger partial charge in [0.25, 0.3) is 0 Å². The zero-order valence-corrected chi connectivity index (χ0v) is 12.5. The fraction of sp³-hybridized carbons (Fsp3) is 0.769. The van der Waals surface area contributed by atoms with Crippen LogP contribution in [0.25, 0.3) is 0 Å². The quantitative estimate of drug-likeness (QED) is 0.679. The zero-order chi connectivity index (χ0) is 13.4. The molecule has 104 valence electrons. The Balaban J connectivity index is 2.26. The third kappa shape index (κ3) is 5.85. The van der Waals surface area contributed by atoms with E-state index in [4.69, 9.17) is 11.6 Å². The van der Waals surface area contributed by atoms with E-state index in [-0.39, 0.29) is 0 Å². The minimum atomic E-state index is 0.612. The van der Waals surface area contributed by atoms with E-state index in [1.807, 2.05) is 0 Å². The zero-order valence-electron chi connectivity index (χ0n) is 11.7. The summed E-state index contributed by atoms with van der Waals surface area (Å²) in [5.41, 5.74) is 1.01. The Morgan fingerprint density at radius 1 is 1.33 bits per heavy atom. The molecular formula is C13H25ClN4. The average Bonchev–Trinajstić information content (AvgIpc) is 2.67. The summed E-state index contributed by atoms with van der Waals surface area (Å²) in [4.78, 5) is 9.83. The first kappa shape index (κ1) is 15.5. The fourth-order valence-corrected chi connectivity index (χ4v) is 1.97. The van der Waals surface area contributed by atoms with Gasteiger partial charge in [0.15, 0.2) is 5.15 Å². The number of hydrogen-bond acceptors (Lipinski definition) is 3. The van der Waals surface area contributed by atoms with Crippen LogP contribution >= 0.6 is 11.6 Å². The summed E-state index contributed by atoms with van der Waals surface area (Å²) in [6.45, 7) is 5.05. The molecule has 1 aromatic heterocycles. The number of nitrogens with zero attached hydrogens (tertiary/aromatic N) is 2. The third-order valence-electron chi connectivity index (χ3n) is 2.81. The Kier molecular flexibility index (Phi) is 7.32. The smallest absolute Gasteiger partial charge is 0.151 e. The lowest BCUT2D eigenvalue weighted by atomic mass is 10.2. The fourth-order valence-electron chi connectivity index (χ4n) is 1.75. The van der Waals surface area contributed by atoms with Crippen molar-refractivity contribution in [1.82, 2.24) is 20.2 Å². The number of imidazole rings is 1. The summed E-state index contributed by atoms with van der Waals surface area (Å²) in [6.07, 6.45) is 4.45. The number of aryl methyl sites for hydroxylation is 1. The lowest BCUT2D eigenvalue weighted by Crippen LogP contribution is -2.21. The molecule has 0 amide bonds. The summed E-state index contributed by atoms with van der Waals surface area (Å²) in [6, 6.07) is 0. The van der Waals surface area contributed by atoms with Crippen LogP contribution in [0.3, 0.4) is 0 Å². The van der Waals surface area contributed by atoms with Gasteiger partial charge in [0.1, 0.15) is 5.82 Å². The van der Waals surface area contributed by atoms with Crippen LogP contribution < -0.4 is 5.32 Å². The number of H-pyrrole nitrogens is 1. The number of rotatable bonds is 9. The molecule has 1 rings (SSSR count). The van der Waals surface area contributed by atoms with Gasteiger partial charge in [-0.05, 0) is 40.0 Å². The second-order valence-corrected chi connectivity index (χ2v) is 5.25. The van der Waals surface area contributed by atoms with Gasteiger partial charge in [-0.2, -0.15) is 0 Å². The molecule has 1 heterocycles. The van der Waals surface area contributed by atoms with Gasteiger partial charge in [-0.1, -0.05) is 24.9 Å². The number of aromatic nitrogens is 2. The van der Waals surface area contributed by atoms with E-state index in [1.54, 1.807) is 0 Å². The Labute approximate surface area is 115 Å². The van der Waals surface area contributed by atoms with E-state index in [0.29, 0.717) is 5.15 Å². The highest BCUT2D eigenvalue weighted by molar-refractivity contribution is 6.30. The standard InChI is InChI=1S/C13H25ClN4/c1-4-5-7-12-16-11(13(14)17-12)10-15-8-6-9-18(2)3/h15H,4-10H2,1-3H3,(H,16,17). The molecule has 0 aliphatic rings. The molecule has 0 unspecified atom stereocenters. The van der Waals surface area contributed by atoms with Crippen molar-refractivity contribution in [3.05, 3.63) is 16.7 Å². The molecule has 4 nitrogen and oxygen atoms in total. The predicted molar refractivity (Wildman–Crippen MR) is 77.1 cm³/mol. The number of aromatic amines is 1. The average molecular weight is 273 g/mol. The molecule has 0 saturated carbocycles. The van der Waals surface area contributed by atoms with Crippen molar-refractivity contribution in [1.29, 1.82) is 0 Å². The Morgan fingerprint density at radius 3 is 2.78 bits per heavy atom. The molecule has 0 bridgehead atoms. The summed E-state index contributed by atoms with van der Waals surface area (Å²) >= 11 is 6.10. The summed E-state index contributed by atoms with van der Waals surface area (Å²) in [5.74, 6) is 1.01. The molecule has 0 aliphatic carbocycles. The minimum Gasteiger partial charge on any atom is -0.344 e. The number of unbranched alkanes of at least 4 members (excludes halogenated alkanes) is 1. The second kappa shape index (κ2) is 8.51.